The standard InChI is InChI=1S/C30H33F3N2O5/c1-3-18-35(28(38)34-24-14-12-23(13-15-24)30(31,32)33)19-7-20-39-25-16-10-22(11-17-25)21-29(2,27(36)37)40-26-8-5-4-6-9-26/h4-6,8-17H,3,7,18-21H2,1-2H3,(H,34,38)(H,36,37). The third-order valence-corrected chi connectivity index (χ3v) is 6.09. The van der Waals surface area contributed by atoms with Crippen LogP contribution in [0.15, 0.2) is 78.9 Å². The molecule has 0 saturated heterocycles. The molecule has 0 aliphatic heterocycles. The predicted octanol–water partition coefficient (Wildman–Crippen LogP) is 6.88. The number of ether oxygens (including phenoxy) is 2. The Labute approximate surface area is 231 Å². The highest BCUT2D eigenvalue weighted by atomic mass is 19.4. The van der Waals surface area contributed by atoms with Crippen LogP contribution in [0.2, 0.25) is 0 Å². The van der Waals surface area contributed by atoms with Gasteiger partial charge in [-0.2, -0.15) is 13.2 Å². The number of nitrogens with one attached hydrogen (secondary N) is 1. The van der Waals surface area contributed by atoms with Crippen LogP contribution in [0.3, 0.4) is 0 Å². The van der Waals surface area contributed by atoms with E-state index in [1.807, 2.05) is 13.0 Å². The van der Waals surface area contributed by atoms with Crippen molar-refractivity contribution in [1.82, 2.24) is 4.90 Å². The van der Waals surface area contributed by atoms with Crippen molar-refractivity contribution >= 4 is 17.7 Å². The van der Waals surface area contributed by atoms with E-state index in [-0.39, 0.29) is 12.1 Å². The van der Waals surface area contributed by atoms with E-state index < -0.39 is 29.3 Å². The zero-order valence-electron chi connectivity index (χ0n) is 22.4. The lowest BCUT2D eigenvalue weighted by Gasteiger charge is -2.26. The first-order valence-electron chi connectivity index (χ1n) is 12.9. The number of hydrogen-bond acceptors (Lipinski definition) is 4. The molecule has 0 saturated carbocycles. The largest absolute Gasteiger partial charge is 0.494 e. The number of para-hydroxylation sites is 1. The lowest BCUT2D eigenvalue weighted by molar-refractivity contribution is -0.153. The highest BCUT2D eigenvalue weighted by molar-refractivity contribution is 5.89. The monoisotopic (exact) mass is 558 g/mol. The molecule has 2 N–H and O–H groups in total. The van der Waals surface area contributed by atoms with Crippen molar-refractivity contribution in [2.24, 2.45) is 0 Å². The normalized spacial score (nSPS) is 12.7. The lowest BCUT2D eigenvalue weighted by atomic mass is 9.96. The molecule has 0 bridgehead atoms. The molecule has 3 aromatic carbocycles. The van der Waals surface area contributed by atoms with Gasteiger partial charge in [0, 0.05) is 25.2 Å². The van der Waals surface area contributed by atoms with Crippen LogP contribution in [0.1, 0.15) is 37.8 Å². The Kier molecular flexibility index (Phi) is 10.4. The van der Waals surface area contributed by atoms with Crippen LogP contribution in [0, 0.1) is 0 Å². The topological polar surface area (TPSA) is 88.1 Å². The average molecular weight is 559 g/mol. The smallest absolute Gasteiger partial charge is 0.416 e. The number of amides is 2. The number of benzene rings is 3. The maximum atomic E-state index is 12.8. The van der Waals surface area contributed by atoms with Crippen LogP contribution < -0.4 is 14.8 Å². The van der Waals surface area contributed by atoms with E-state index in [0.29, 0.717) is 44.0 Å². The summed E-state index contributed by atoms with van der Waals surface area (Å²) in [6.45, 7) is 4.66. The van der Waals surface area contributed by atoms with Crippen molar-refractivity contribution in [3.63, 3.8) is 0 Å². The summed E-state index contributed by atoms with van der Waals surface area (Å²) in [5, 5.41) is 12.4. The third kappa shape index (κ3) is 8.93. The van der Waals surface area contributed by atoms with Gasteiger partial charge in [0.2, 0.25) is 5.60 Å². The van der Waals surface area contributed by atoms with Crippen molar-refractivity contribution in [3.8, 4) is 11.5 Å². The second-order valence-corrected chi connectivity index (χ2v) is 9.47. The Hall–Kier alpha value is -4.21. The van der Waals surface area contributed by atoms with E-state index >= 15 is 0 Å². The van der Waals surface area contributed by atoms with Crippen LogP contribution in [-0.4, -0.2) is 47.3 Å². The van der Waals surface area contributed by atoms with E-state index in [0.717, 1.165) is 17.7 Å². The molecule has 214 valence electrons. The van der Waals surface area contributed by atoms with Gasteiger partial charge in [-0.15, -0.1) is 0 Å². The fourth-order valence-electron chi connectivity index (χ4n) is 3.97. The number of nitrogens with zero attached hydrogens (tertiary/aromatic N) is 1. The first-order valence-corrected chi connectivity index (χ1v) is 12.9. The lowest BCUT2D eigenvalue weighted by Crippen LogP contribution is -2.43. The molecule has 3 aromatic rings. The van der Waals surface area contributed by atoms with E-state index in [9.17, 15) is 27.9 Å². The molecule has 0 aromatic heterocycles. The molecule has 0 spiro atoms. The minimum atomic E-state index is -4.44. The van der Waals surface area contributed by atoms with Gasteiger partial charge in [-0.25, -0.2) is 9.59 Å². The van der Waals surface area contributed by atoms with Crippen LogP contribution in [0.25, 0.3) is 0 Å². The second-order valence-electron chi connectivity index (χ2n) is 9.47. The molecule has 0 aliphatic rings. The molecule has 0 aliphatic carbocycles. The summed E-state index contributed by atoms with van der Waals surface area (Å²) >= 11 is 0. The minimum absolute atomic E-state index is 0.150. The van der Waals surface area contributed by atoms with Crippen LogP contribution >= 0.6 is 0 Å². The third-order valence-electron chi connectivity index (χ3n) is 6.09. The summed E-state index contributed by atoms with van der Waals surface area (Å²) in [5.41, 5.74) is -1.18. The van der Waals surface area contributed by atoms with Gasteiger partial charge in [-0.1, -0.05) is 37.3 Å². The summed E-state index contributed by atoms with van der Waals surface area (Å²) in [6, 6.07) is 19.8. The van der Waals surface area contributed by atoms with E-state index in [1.54, 1.807) is 53.4 Å². The van der Waals surface area contributed by atoms with E-state index in [2.05, 4.69) is 5.32 Å². The molecule has 10 heteroatoms. The molecular weight excluding hydrogens is 525 g/mol. The number of carboxylic acid groups (broad SMARTS) is 1. The quantitative estimate of drug-likeness (QED) is 0.223. The number of urea groups is 1. The van der Waals surface area contributed by atoms with Crippen LogP contribution in [0.5, 0.6) is 11.5 Å². The first-order chi connectivity index (χ1) is 19.0. The van der Waals surface area contributed by atoms with Crippen molar-refractivity contribution in [2.45, 2.75) is 44.9 Å². The highest BCUT2D eigenvalue weighted by Crippen LogP contribution is 2.30. The minimum Gasteiger partial charge on any atom is -0.494 e. The number of halogens is 3. The molecule has 2 amide bonds. The molecule has 0 fully saturated rings. The van der Waals surface area contributed by atoms with Gasteiger partial charge >= 0.3 is 18.2 Å². The number of carbonyl (C=O) groups is 2. The van der Waals surface area contributed by atoms with Crippen molar-refractivity contribution in [2.75, 3.05) is 25.0 Å². The maximum absolute atomic E-state index is 12.8. The summed E-state index contributed by atoms with van der Waals surface area (Å²) < 4.78 is 49.9. The number of aliphatic carboxylic acids is 1. The number of carbonyl (C=O) groups excluding carboxylic acids is 1. The Morgan fingerprint density at radius 3 is 2.12 bits per heavy atom. The number of carboxylic acids is 1. The van der Waals surface area contributed by atoms with Crippen LogP contribution in [0.4, 0.5) is 23.7 Å². The molecule has 0 radical (unpaired) electrons. The Bertz CT molecular complexity index is 1230. The molecule has 0 heterocycles. The van der Waals surface area contributed by atoms with Gasteiger partial charge in [0.25, 0.3) is 0 Å². The van der Waals surface area contributed by atoms with Crippen molar-refractivity contribution < 1.29 is 37.3 Å². The predicted molar refractivity (Wildman–Crippen MR) is 146 cm³/mol. The Morgan fingerprint density at radius 1 is 0.900 bits per heavy atom. The number of rotatable bonds is 13. The summed E-state index contributed by atoms with van der Waals surface area (Å²) in [6.07, 6.45) is -3.04. The van der Waals surface area contributed by atoms with E-state index in [4.69, 9.17) is 9.47 Å². The number of hydrogen-bond donors (Lipinski definition) is 2. The number of anilines is 1. The van der Waals surface area contributed by atoms with Gasteiger partial charge < -0.3 is 24.8 Å². The second kappa shape index (κ2) is 13.7. The first kappa shape index (κ1) is 30.3. The van der Waals surface area contributed by atoms with Gasteiger partial charge in [0.05, 0.1) is 12.2 Å². The molecule has 7 nitrogen and oxygen atoms in total. The van der Waals surface area contributed by atoms with Gasteiger partial charge in [0.15, 0.2) is 0 Å². The van der Waals surface area contributed by atoms with Crippen LogP contribution in [-0.2, 0) is 17.4 Å². The van der Waals surface area contributed by atoms with E-state index in [1.165, 1.54) is 19.1 Å². The number of alkyl halides is 3. The van der Waals surface area contributed by atoms with Gasteiger partial charge in [-0.05, 0) is 73.9 Å². The fourth-order valence-corrected chi connectivity index (χ4v) is 3.97. The molecule has 1 atom stereocenters. The van der Waals surface area contributed by atoms with Crippen molar-refractivity contribution in [3.05, 3.63) is 90.0 Å². The summed E-state index contributed by atoms with van der Waals surface area (Å²) in [4.78, 5) is 26.2. The maximum Gasteiger partial charge on any atom is 0.416 e. The summed E-state index contributed by atoms with van der Waals surface area (Å²) in [5.74, 6) is -0.00538. The van der Waals surface area contributed by atoms with Crippen molar-refractivity contribution in [1.29, 1.82) is 0 Å². The SMILES string of the molecule is CCCN(CCCOc1ccc(CC(C)(Oc2ccccc2)C(=O)O)cc1)C(=O)Nc1ccc(C(F)(F)F)cc1. The summed E-state index contributed by atoms with van der Waals surface area (Å²) in [7, 11) is 0. The molecule has 1 unspecified atom stereocenters. The Morgan fingerprint density at radius 2 is 1.55 bits per heavy atom. The zero-order valence-corrected chi connectivity index (χ0v) is 22.4. The average Bonchev–Trinajstić information content (AvgIpc) is 2.91. The molecule has 40 heavy (non-hydrogen) atoms. The molecular formula is C30H33F3N2O5. The van der Waals surface area contributed by atoms with Gasteiger partial charge in [0.1, 0.15) is 11.5 Å². The molecule has 3 rings (SSSR count). The fraction of sp³-hybridized carbons (Fsp3) is 0.333. The highest BCUT2D eigenvalue weighted by Gasteiger charge is 2.36. The Balaban J connectivity index is 1.49. The van der Waals surface area contributed by atoms with Gasteiger partial charge in [-0.3, -0.25) is 0 Å². The zero-order chi connectivity index (χ0) is 29.2.